The van der Waals surface area contributed by atoms with E-state index >= 15 is 0 Å². The minimum atomic E-state index is -0.0195. The summed E-state index contributed by atoms with van der Waals surface area (Å²) < 4.78 is 16.0. The van der Waals surface area contributed by atoms with Crippen molar-refractivity contribution in [3.05, 3.63) is 17.2 Å². The molecule has 0 spiro atoms. The van der Waals surface area contributed by atoms with E-state index in [4.69, 9.17) is 25.8 Å². The number of alkyl halides is 1. The third-order valence-electron chi connectivity index (χ3n) is 2.96. The molecule has 1 unspecified atom stereocenters. The fourth-order valence-corrected chi connectivity index (χ4v) is 2.56. The van der Waals surface area contributed by atoms with Crippen molar-refractivity contribution in [3.63, 3.8) is 0 Å². The summed E-state index contributed by atoms with van der Waals surface area (Å²) in [5.41, 5.74) is 2.15. The first-order valence-corrected chi connectivity index (χ1v) is 5.62. The molecule has 0 bridgehead atoms. The molecule has 1 aliphatic carbocycles. The van der Waals surface area contributed by atoms with Crippen LogP contribution in [0.4, 0.5) is 0 Å². The third kappa shape index (κ3) is 1.59. The molecule has 0 saturated carbocycles. The second kappa shape index (κ2) is 4.42. The van der Waals surface area contributed by atoms with Crippen molar-refractivity contribution >= 4 is 11.6 Å². The predicted molar refractivity (Wildman–Crippen MR) is 63.0 cm³/mol. The molecule has 1 aromatic rings. The summed E-state index contributed by atoms with van der Waals surface area (Å²) in [4.78, 5) is 0. The minimum Gasteiger partial charge on any atom is -0.496 e. The smallest absolute Gasteiger partial charge is 0.165 e. The summed E-state index contributed by atoms with van der Waals surface area (Å²) in [5, 5.41) is -0.0195. The summed E-state index contributed by atoms with van der Waals surface area (Å²) in [6.07, 6.45) is 1.84. The molecule has 0 fully saturated rings. The minimum absolute atomic E-state index is 0.0195. The molecule has 1 aliphatic rings. The van der Waals surface area contributed by atoms with Crippen LogP contribution in [0, 0.1) is 0 Å². The summed E-state index contributed by atoms with van der Waals surface area (Å²) in [6.45, 7) is 0. The van der Waals surface area contributed by atoms with Crippen molar-refractivity contribution in [2.24, 2.45) is 0 Å². The van der Waals surface area contributed by atoms with E-state index in [2.05, 4.69) is 0 Å². The van der Waals surface area contributed by atoms with Crippen molar-refractivity contribution in [2.45, 2.75) is 18.2 Å². The van der Waals surface area contributed by atoms with Gasteiger partial charge in [-0.3, -0.25) is 0 Å². The largest absolute Gasteiger partial charge is 0.496 e. The fraction of sp³-hybridized carbons (Fsp3) is 0.500. The molecule has 0 N–H and O–H groups in total. The van der Waals surface area contributed by atoms with Gasteiger partial charge in [-0.25, -0.2) is 0 Å². The topological polar surface area (TPSA) is 27.7 Å². The van der Waals surface area contributed by atoms with Crippen LogP contribution >= 0.6 is 11.6 Å². The van der Waals surface area contributed by atoms with Gasteiger partial charge in [0.1, 0.15) is 5.75 Å². The average molecular weight is 243 g/mol. The highest BCUT2D eigenvalue weighted by Gasteiger charge is 2.30. The molecule has 0 radical (unpaired) electrons. The molecular weight excluding hydrogens is 228 g/mol. The zero-order valence-corrected chi connectivity index (χ0v) is 10.4. The average Bonchev–Trinajstić information content (AvgIpc) is 2.70. The highest BCUT2D eigenvalue weighted by atomic mass is 35.5. The van der Waals surface area contributed by atoms with E-state index in [0.29, 0.717) is 5.75 Å². The molecule has 0 saturated heterocycles. The maximum Gasteiger partial charge on any atom is 0.165 e. The molecule has 1 aromatic carbocycles. The van der Waals surface area contributed by atoms with Gasteiger partial charge in [0.15, 0.2) is 11.5 Å². The van der Waals surface area contributed by atoms with Gasteiger partial charge in [-0.05, 0) is 12.8 Å². The lowest BCUT2D eigenvalue weighted by Crippen LogP contribution is -1.99. The first-order chi connectivity index (χ1) is 7.72. The summed E-state index contributed by atoms with van der Waals surface area (Å²) >= 11 is 6.29. The molecule has 88 valence electrons. The van der Waals surface area contributed by atoms with Gasteiger partial charge in [-0.2, -0.15) is 0 Å². The predicted octanol–water partition coefficient (Wildman–Crippen LogP) is 2.94. The van der Waals surface area contributed by atoms with E-state index in [1.807, 2.05) is 6.07 Å². The Bertz CT molecular complexity index is 404. The number of fused-ring (bicyclic) bond motifs is 1. The van der Waals surface area contributed by atoms with E-state index in [0.717, 1.165) is 35.5 Å². The second-order valence-electron chi connectivity index (χ2n) is 3.71. The van der Waals surface area contributed by atoms with E-state index in [1.54, 1.807) is 21.3 Å². The van der Waals surface area contributed by atoms with Crippen molar-refractivity contribution < 1.29 is 14.2 Å². The van der Waals surface area contributed by atoms with Crippen LogP contribution in [-0.2, 0) is 6.42 Å². The van der Waals surface area contributed by atoms with Crippen LogP contribution in [-0.4, -0.2) is 21.3 Å². The number of rotatable bonds is 3. The Labute approximate surface area is 100 Å². The van der Waals surface area contributed by atoms with Crippen LogP contribution in [0.15, 0.2) is 6.07 Å². The van der Waals surface area contributed by atoms with Gasteiger partial charge in [0, 0.05) is 17.2 Å². The Morgan fingerprint density at radius 1 is 1.12 bits per heavy atom. The van der Waals surface area contributed by atoms with Gasteiger partial charge in [0.2, 0.25) is 0 Å². The normalized spacial score (nSPS) is 18.1. The Morgan fingerprint density at radius 3 is 2.38 bits per heavy atom. The van der Waals surface area contributed by atoms with Crippen LogP contribution in [0.1, 0.15) is 22.9 Å². The zero-order chi connectivity index (χ0) is 11.7. The van der Waals surface area contributed by atoms with Crippen molar-refractivity contribution in [3.8, 4) is 17.2 Å². The monoisotopic (exact) mass is 242 g/mol. The number of ether oxygens (including phenoxy) is 3. The lowest BCUT2D eigenvalue weighted by atomic mass is 10.1. The Morgan fingerprint density at radius 2 is 1.81 bits per heavy atom. The highest BCUT2D eigenvalue weighted by Crippen LogP contribution is 2.50. The Hall–Kier alpha value is -1.09. The van der Waals surface area contributed by atoms with Gasteiger partial charge in [0.05, 0.1) is 26.7 Å². The number of halogens is 1. The first-order valence-electron chi connectivity index (χ1n) is 5.18. The number of hydrogen-bond donors (Lipinski definition) is 0. The van der Waals surface area contributed by atoms with Crippen molar-refractivity contribution in [2.75, 3.05) is 21.3 Å². The van der Waals surface area contributed by atoms with Crippen LogP contribution in [0.25, 0.3) is 0 Å². The van der Waals surface area contributed by atoms with Crippen molar-refractivity contribution in [1.82, 2.24) is 0 Å². The van der Waals surface area contributed by atoms with Crippen LogP contribution in [0.3, 0.4) is 0 Å². The number of methoxy groups -OCH3 is 3. The summed E-state index contributed by atoms with van der Waals surface area (Å²) in [5.74, 6) is 2.23. The van der Waals surface area contributed by atoms with Gasteiger partial charge < -0.3 is 14.2 Å². The molecule has 4 heteroatoms. The zero-order valence-electron chi connectivity index (χ0n) is 9.67. The number of hydrogen-bond acceptors (Lipinski definition) is 3. The van der Waals surface area contributed by atoms with Crippen LogP contribution in [0.2, 0.25) is 0 Å². The lowest BCUT2D eigenvalue weighted by molar-refractivity contribution is 0.345. The third-order valence-corrected chi connectivity index (χ3v) is 3.39. The molecule has 0 aromatic heterocycles. The molecule has 0 heterocycles. The summed E-state index contributed by atoms with van der Waals surface area (Å²) in [6, 6.07) is 1.85. The summed E-state index contributed by atoms with van der Waals surface area (Å²) in [7, 11) is 4.90. The maximum atomic E-state index is 6.29. The maximum absolute atomic E-state index is 6.29. The molecule has 3 nitrogen and oxygen atoms in total. The SMILES string of the molecule is COc1cc(OC)c(OC)c2c1CCC2Cl. The quantitative estimate of drug-likeness (QED) is 0.763. The number of benzene rings is 1. The van der Waals surface area contributed by atoms with E-state index < -0.39 is 0 Å². The van der Waals surface area contributed by atoms with Gasteiger partial charge >= 0.3 is 0 Å². The standard InChI is InChI=1S/C12H15ClO3/c1-14-9-6-10(15-2)12(16-3)11-7(9)4-5-8(11)13/h6,8H,4-5H2,1-3H3. The van der Waals surface area contributed by atoms with Crippen molar-refractivity contribution in [1.29, 1.82) is 0 Å². The lowest BCUT2D eigenvalue weighted by Gasteiger charge is -2.16. The molecule has 2 rings (SSSR count). The second-order valence-corrected chi connectivity index (χ2v) is 4.24. The van der Waals surface area contributed by atoms with Gasteiger partial charge in [0.25, 0.3) is 0 Å². The van der Waals surface area contributed by atoms with Crippen LogP contribution < -0.4 is 14.2 Å². The van der Waals surface area contributed by atoms with E-state index in [9.17, 15) is 0 Å². The van der Waals surface area contributed by atoms with Crippen LogP contribution in [0.5, 0.6) is 17.2 Å². The highest BCUT2D eigenvalue weighted by molar-refractivity contribution is 6.21. The molecular formula is C12H15ClO3. The fourth-order valence-electron chi connectivity index (χ4n) is 2.22. The molecule has 16 heavy (non-hydrogen) atoms. The Kier molecular flexibility index (Phi) is 3.15. The van der Waals surface area contributed by atoms with E-state index in [-0.39, 0.29) is 5.38 Å². The first kappa shape index (κ1) is 11.4. The van der Waals surface area contributed by atoms with E-state index in [1.165, 1.54) is 0 Å². The van der Waals surface area contributed by atoms with Gasteiger partial charge in [-0.15, -0.1) is 11.6 Å². The molecule has 0 aliphatic heterocycles. The molecule has 0 amide bonds. The van der Waals surface area contributed by atoms with Gasteiger partial charge in [-0.1, -0.05) is 0 Å². The molecule has 1 atom stereocenters. The Balaban J connectivity index is 2.65.